The number of hydrogen-bond acceptors (Lipinski definition) is 2. The van der Waals surface area contributed by atoms with E-state index in [1.165, 1.54) is 129 Å². The van der Waals surface area contributed by atoms with Crippen molar-refractivity contribution in [3.63, 3.8) is 0 Å². The third kappa shape index (κ3) is 5.86. The molecule has 0 aliphatic carbocycles. The summed E-state index contributed by atoms with van der Waals surface area (Å²) < 4.78 is 7.49. The minimum absolute atomic E-state index is 1.17. The Kier molecular flexibility index (Phi) is 8.36. The molecular formula is C62H38N2S2. The molecule has 0 saturated heterocycles. The van der Waals surface area contributed by atoms with Crippen LogP contribution in [0, 0.1) is 0 Å². The van der Waals surface area contributed by atoms with Crippen LogP contribution in [0.25, 0.3) is 129 Å². The second kappa shape index (κ2) is 14.8. The summed E-state index contributed by atoms with van der Waals surface area (Å²) >= 11 is 3.81. The molecule has 4 heterocycles. The second-order valence-corrected chi connectivity index (χ2v) is 19.4. The quantitative estimate of drug-likeness (QED) is 0.158. The predicted molar refractivity (Wildman–Crippen MR) is 285 cm³/mol. The average molecular weight is 875 g/mol. The van der Waals surface area contributed by atoms with Crippen molar-refractivity contribution in [3.8, 4) is 54.5 Å². The van der Waals surface area contributed by atoms with E-state index in [1.54, 1.807) is 0 Å². The highest BCUT2D eigenvalue weighted by Crippen LogP contribution is 2.46. The molecule has 0 aliphatic heterocycles. The molecule has 2 nitrogen and oxygen atoms in total. The van der Waals surface area contributed by atoms with Crippen LogP contribution in [0.2, 0.25) is 0 Å². The summed E-state index contributed by atoms with van der Waals surface area (Å²) in [7, 11) is 0. The zero-order valence-electron chi connectivity index (χ0n) is 35.7. The maximum Gasteiger partial charge on any atom is 0.0541 e. The minimum Gasteiger partial charge on any atom is -0.309 e. The molecule has 4 heteroatoms. The van der Waals surface area contributed by atoms with Gasteiger partial charge >= 0.3 is 0 Å². The lowest BCUT2D eigenvalue weighted by Crippen LogP contribution is -1.93. The third-order valence-corrected chi connectivity index (χ3v) is 16.0. The highest BCUT2D eigenvalue weighted by Gasteiger charge is 2.19. The molecule has 0 bridgehead atoms. The summed E-state index contributed by atoms with van der Waals surface area (Å²) in [6.45, 7) is 0. The molecule has 14 rings (SSSR count). The van der Waals surface area contributed by atoms with E-state index in [0.717, 1.165) is 0 Å². The van der Waals surface area contributed by atoms with Crippen LogP contribution < -0.4 is 0 Å². The van der Waals surface area contributed by atoms with Gasteiger partial charge in [0, 0.05) is 62.8 Å². The molecule has 0 fully saturated rings. The number of para-hydroxylation sites is 2. The van der Waals surface area contributed by atoms with E-state index < -0.39 is 0 Å². The minimum atomic E-state index is 1.17. The molecule has 14 aromatic rings. The van der Waals surface area contributed by atoms with Crippen LogP contribution >= 0.6 is 22.7 Å². The lowest BCUT2D eigenvalue weighted by molar-refractivity contribution is 1.18. The number of hydrogen-bond donors (Lipinski definition) is 0. The first-order chi connectivity index (χ1) is 32.7. The van der Waals surface area contributed by atoms with E-state index in [4.69, 9.17) is 0 Å². The van der Waals surface area contributed by atoms with Crippen LogP contribution in [0.4, 0.5) is 0 Å². The van der Waals surface area contributed by atoms with Gasteiger partial charge in [-0.2, -0.15) is 0 Å². The van der Waals surface area contributed by atoms with E-state index in [9.17, 15) is 0 Å². The van der Waals surface area contributed by atoms with Gasteiger partial charge < -0.3 is 9.13 Å². The maximum atomic E-state index is 2.42. The number of aromatic nitrogens is 2. The standard InChI is InChI=1S/C62H38N2S2/c1-5-13-39(14-6-1)41-23-29-55-51(33-41)53-35-43(25-31-57(53)63(55)47-17-9-3-10-18-47)59-37-45-21-27-50-49(61(45)65-59)28-22-46-38-60(66-62(46)50)44-26-32-58-54(36-44)52-34-42(40-15-7-2-8-16-40)24-30-56(52)64(58)48-19-11-4-12-20-48/h1-38H. The molecule has 0 N–H and O–H groups in total. The van der Waals surface area contributed by atoms with E-state index in [1.807, 2.05) is 22.7 Å². The summed E-state index contributed by atoms with van der Waals surface area (Å²) in [6, 6.07) is 85.0. The number of nitrogens with zero attached hydrogens (tertiary/aromatic N) is 2. The van der Waals surface area contributed by atoms with E-state index in [0.29, 0.717) is 0 Å². The van der Waals surface area contributed by atoms with Crippen molar-refractivity contribution < 1.29 is 0 Å². The molecule has 0 spiro atoms. The fourth-order valence-electron chi connectivity index (χ4n) is 10.4. The first-order valence-electron chi connectivity index (χ1n) is 22.5. The molecule has 0 atom stereocenters. The largest absolute Gasteiger partial charge is 0.309 e. The van der Waals surface area contributed by atoms with Crippen molar-refractivity contribution >= 4 is 97.2 Å². The summed E-state index contributed by atoms with van der Waals surface area (Å²) in [6.07, 6.45) is 0. The Hall–Kier alpha value is -8.02. The van der Waals surface area contributed by atoms with E-state index in [-0.39, 0.29) is 0 Å². The summed E-state index contributed by atoms with van der Waals surface area (Å²) in [5.74, 6) is 0. The van der Waals surface area contributed by atoms with Gasteiger partial charge in [-0.05, 0) is 129 Å². The van der Waals surface area contributed by atoms with Crippen LogP contribution in [0.15, 0.2) is 231 Å². The van der Waals surface area contributed by atoms with Crippen molar-refractivity contribution in [2.24, 2.45) is 0 Å². The van der Waals surface area contributed by atoms with Crippen molar-refractivity contribution in [1.29, 1.82) is 0 Å². The van der Waals surface area contributed by atoms with Crippen molar-refractivity contribution in [2.75, 3.05) is 0 Å². The van der Waals surface area contributed by atoms with Crippen molar-refractivity contribution in [3.05, 3.63) is 231 Å². The van der Waals surface area contributed by atoms with Gasteiger partial charge in [0.2, 0.25) is 0 Å². The molecule has 308 valence electrons. The third-order valence-electron chi connectivity index (χ3n) is 13.5. The number of fused-ring (bicyclic) bond motifs is 11. The Morgan fingerprint density at radius 3 is 0.955 bits per heavy atom. The highest BCUT2D eigenvalue weighted by molar-refractivity contribution is 7.24. The zero-order chi connectivity index (χ0) is 43.3. The van der Waals surface area contributed by atoms with Crippen LogP contribution in [-0.2, 0) is 0 Å². The Morgan fingerprint density at radius 2 is 0.576 bits per heavy atom. The van der Waals surface area contributed by atoms with E-state index >= 15 is 0 Å². The monoisotopic (exact) mass is 874 g/mol. The molecule has 0 amide bonds. The fraction of sp³-hybridized carbons (Fsp3) is 0. The molecule has 4 aromatic heterocycles. The van der Waals surface area contributed by atoms with Crippen LogP contribution in [0.5, 0.6) is 0 Å². The molecule has 0 saturated carbocycles. The lowest BCUT2D eigenvalue weighted by atomic mass is 10.0. The molecule has 66 heavy (non-hydrogen) atoms. The second-order valence-electron chi connectivity index (χ2n) is 17.3. The summed E-state index contributed by atoms with van der Waals surface area (Å²) in [4.78, 5) is 2.56. The first kappa shape index (κ1) is 37.4. The van der Waals surface area contributed by atoms with Crippen LogP contribution in [0.1, 0.15) is 0 Å². The van der Waals surface area contributed by atoms with Gasteiger partial charge in [-0.3, -0.25) is 0 Å². The predicted octanol–water partition coefficient (Wildman–Crippen LogP) is 18.1. The zero-order valence-corrected chi connectivity index (χ0v) is 37.3. The Labute approximate surface area is 389 Å². The van der Waals surface area contributed by atoms with Crippen LogP contribution in [0.3, 0.4) is 0 Å². The fourth-order valence-corrected chi connectivity index (χ4v) is 12.7. The van der Waals surface area contributed by atoms with Crippen LogP contribution in [-0.4, -0.2) is 9.13 Å². The van der Waals surface area contributed by atoms with Gasteiger partial charge in [0.25, 0.3) is 0 Å². The highest BCUT2D eigenvalue weighted by atomic mass is 32.1. The summed E-state index contributed by atoms with van der Waals surface area (Å²) in [5.41, 5.74) is 14.6. The molecule has 0 radical (unpaired) electrons. The lowest BCUT2D eigenvalue weighted by Gasteiger charge is -2.08. The summed E-state index contributed by atoms with van der Waals surface area (Å²) in [5, 5.41) is 10.2. The van der Waals surface area contributed by atoms with Gasteiger partial charge in [0.05, 0.1) is 22.1 Å². The topological polar surface area (TPSA) is 9.86 Å². The molecule has 10 aromatic carbocycles. The van der Waals surface area contributed by atoms with Gasteiger partial charge in [0.15, 0.2) is 0 Å². The number of thiophene rings is 2. The molecular weight excluding hydrogens is 837 g/mol. The Morgan fingerprint density at radius 1 is 0.242 bits per heavy atom. The SMILES string of the molecule is c1ccc(-c2ccc3c(c2)c2cc(-c4cc5ccc6c(ccc7cc(-c8ccc9c(c8)c8cc(-c%10ccccc%10)ccc8n9-c8ccccc8)sc76)c5s4)ccc2n3-c2ccccc2)cc1. The molecule has 0 aliphatic rings. The Balaban J connectivity index is 0.886. The van der Waals surface area contributed by atoms with Gasteiger partial charge in [-0.15, -0.1) is 22.7 Å². The smallest absolute Gasteiger partial charge is 0.0541 e. The maximum absolute atomic E-state index is 2.42. The Bertz CT molecular complexity index is 3920. The number of rotatable bonds is 6. The molecule has 0 unspecified atom stereocenters. The van der Waals surface area contributed by atoms with Gasteiger partial charge in [-0.1, -0.05) is 146 Å². The van der Waals surface area contributed by atoms with Gasteiger partial charge in [-0.25, -0.2) is 0 Å². The normalized spacial score (nSPS) is 11.9. The van der Waals surface area contributed by atoms with E-state index in [2.05, 4.69) is 240 Å². The van der Waals surface area contributed by atoms with Crippen molar-refractivity contribution in [2.45, 2.75) is 0 Å². The van der Waals surface area contributed by atoms with Gasteiger partial charge in [0.1, 0.15) is 0 Å². The van der Waals surface area contributed by atoms with Crippen molar-refractivity contribution in [1.82, 2.24) is 9.13 Å². The first-order valence-corrected chi connectivity index (χ1v) is 24.1. The number of benzene rings is 10. The average Bonchev–Trinajstić information content (AvgIpc) is 4.18.